The van der Waals surface area contributed by atoms with E-state index in [1.54, 1.807) is 0 Å². The number of hydrogen-bond acceptors (Lipinski definition) is 0. The van der Waals surface area contributed by atoms with Crippen molar-refractivity contribution in [1.82, 2.24) is 0 Å². The minimum Gasteiger partial charge on any atom is -0.361 e. The van der Waals surface area contributed by atoms with Crippen LogP contribution in [0.4, 0.5) is 0 Å². The van der Waals surface area contributed by atoms with Gasteiger partial charge in [0.05, 0.1) is 6.42 Å². The van der Waals surface area contributed by atoms with Gasteiger partial charge in [-0.1, -0.05) is 17.2 Å². The van der Waals surface area contributed by atoms with Crippen molar-refractivity contribution < 1.29 is 4.79 Å². The Hall–Kier alpha value is -1.14. The molecule has 0 saturated heterocycles. The zero-order chi connectivity index (χ0) is 7.56. The summed E-state index contributed by atoms with van der Waals surface area (Å²) in [6.07, 6.45) is 4.58. The summed E-state index contributed by atoms with van der Waals surface area (Å²) in [7, 11) is 0. The van der Waals surface area contributed by atoms with E-state index >= 15 is 0 Å². The van der Waals surface area contributed by atoms with Gasteiger partial charge in [-0.25, -0.2) is 0 Å². The van der Waals surface area contributed by atoms with Gasteiger partial charge in [-0.2, -0.15) is 4.79 Å². The second kappa shape index (κ2) is 2.63. The maximum absolute atomic E-state index is 8.41. The third kappa shape index (κ3) is 1.23. The van der Waals surface area contributed by atoms with Crippen LogP contribution >= 0.6 is 0 Å². The summed E-state index contributed by atoms with van der Waals surface area (Å²) in [4.78, 5) is 3.13. The average Bonchev–Trinajstić information content (AvgIpc) is 1.95. The first-order valence-electron chi connectivity index (χ1n) is 3.29. The Bertz CT molecular complexity index is 252. The molecule has 10 heavy (non-hydrogen) atoms. The van der Waals surface area contributed by atoms with Crippen LogP contribution in [0.3, 0.4) is 0 Å². The number of rotatable bonds is 0. The Labute approximate surface area is 60.5 Å². The second-order valence-electron chi connectivity index (χ2n) is 2.56. The minimum atomic E-state index is 0.739. The van der Waals surface area contributed by atoms with E-state index in [0.29, 0.717) is 0 Å². The molecule has 0 unspecified atom stereocenters. The van der Waals surface area contributed by atoms with Crippen molar-refractivity contribution in [2.45, 2.75) is 20.3 Å². The molecule has 2 nitrogen and oxygen atoms in total. The Kier molecular flexibility index (Phi) is 1.83. The van der Waals surface area contributed by atoms with Crippen LogP contribution in [0.2, 0.25) is 0 Å². The first-order chi connectivity index (χ1) is 4.74. The van der Waals surface area contributed by atoms with E-state index in [1.807, 2.05) is 19.1 Å². The largest absolute Gasteiger partial charge is 0.361 e. The summed E-state index contributed by atoms with van der Waals surface area (Å²) in [5.41, 5.74) is 11.7. The normalized spacial score (nSPS) is 17.6. The molecule has 0 amide bonds. The molecule has 0 radical (unpaired) electrons. The summed E-state index contributed by atoms with van der Waals surface area (Å²) in [5.74, 6) is 0. The molecule has 0 bridgehead atoms. The van der Waals surface area contributed by atoms with Gasteiger partial charge in [0.1, 0.15) is 0 Å². The zero-order valence-corrected chi connectivity index (χ0v) is 6.26. The predicted octanol–water partition coefficient (Wildman–Crippen LogP) is 1.95. The van der Waals surface area contributed by atoms with Crippen LogP contribution < -0.4 is 0 Å². The SMILES string of the molecule is CC1=C(C)CC(=[N+]=[N-])C=C1. The van der Waals surface area contributed by atoms with Crippen molar-refractivity contribution in [1.29, 1.82) is 0 Å². The van der Waals surface area contributed by atoms with Crippen molar-refractivity contribution in [3.63, 3.8) is 0 Å². The van der Waals surface area contributed by atoms with Crippen LogP contribution in [0.5, 0.6) is 0 Å². The highest BCUT2D eigenvalue weighted by molar-refractivity contribution is 5.93. The van der Waals surface area contributed by atoms with Crippen LogP contribution in [-0.2, 0) is 0 Å². The van der Waals surface area contributed by atoms with E-state index in [4.69, 9.17) is 5.53 Å². The maximum atomic E-state index is 8.41. The smallest absolute Gasteiger partial charge is 0.296 e. The lowest BCUT2D eigenvalue weighted by Crippen LogP contribution is -2.01. The standard InChI is InChI=1S/C8H10N2/c1-6-3-4-8(10-9)5-7(6)2/h3-4H,5H2,1-2H3. The molecule has 0 aromatic rings. The van der Waals surface area contributed by atoms with Crippen LogP contribution in [0.1, 0.15) is 20.3 Å². The van der Waals surface area contributed by atoms with Gasteiger partial charge in [-0.3, -0.25) is 0 Å². The van der Waals surface area contributed by atoms with Gasteiger partial charge in [0, 0.05) is 6.08 Å². The Morgan fingerprint density at radius 1 is 1.40 bits per heavy atom. The third-order valence-corrected chi connectivity index (χ3v) is 1.77. The molecule has 0 saturated carbocycles. The molecule has 52 valence electrons. The molecule has 0 heterocycles. The molecule has 1 aliphatic rings. The van der Waals surface area contributed by atoms with Crippen molar-refractivity contribution in [2.24, 2.45) is 0 Å². The fourth-order valence-corrected chi connectivity index (χ4v) is 0.902. The first-order valence-corrected chi connectivity index (χ1v) is 3.29. The van der Waals surface area contributed by atoms with E-state index in [-0.39, 0.29) is 0 Å². The Balaban J connectivity index is 2.95. The second-order valence-corrected chi connectivity index (χ2v) is 2.56. The van der Waals surface area contributed by atoms with E-state index in [2.05, 4.69) is 11.7 Å². The highest BCUT2D eigenvalue weighted by atomic mass is 14.8. The molecular formula is C8H10N2. The fraction of sp³-hybridized carbons (Fsp3) is 0.375. The fourth-order valence-electron chi connectivity index (χ4n) is 0.902. The molecule has 1 rings (SSSR count). The summed E-state index contributed by atoms with van der Waals surface area (Å²) in [6, 6.07) is 0. The molecule has 0 fully saturated rings. The van der Waals surface area contributed by atoms with Gasteiger partial charge in [0.25, 0.3) is 5.71 Å². The summed E-state index contributed by atoms with van der Waals surface area (Å²) in [6.45, 7) is 4.10. The number of allylic oxidation sites excluding steroid dienone is 4. The van der Waals surface area contributed by atoms with Gasteiger partial charge < -0.3 is 5.53 Å². The zero-order valence-electron chi connectivity index (χ0n) is 6.26. The highest BCUT2D eigenvalue weighted by Crippen LogP contribution is 2.14. The van der Waals surface area contributed by atoms with Crippen molar-refractivity contribution in [3.05, 3.63) is 28.8 Å². The summed E-state index contributed by atoms with van der Waals surface area (Å²) >= 11 is 0. The lowest BCUT2D eigenvalue weighted by Gasteiger charge is -2.03. The molecule has 1 aliphatic carbocycles. The molecular weight excluding hydrogens is 124 g/mol. The van der Waals surface area contributed by atoms with Gasteiger partial charge in [0.15, 0.2) is 0 Å². The summed E-state index contributed by atoms with van der Waals surface area (Å²) in [5, 5.41) is 0. The molecule has 0 aliphatic heterocycles. The van der Waals surface area contributed by atoms with E-state index in [9.17, 15) is 0 Å². The van der Waals surface area contributed by atoms with Crippen LogP contribution in [0.15, 0.2) is 23.3 Å². The van der Waals surface area contributed by atoms with Gasteiger partial charge >= 0.3 is 0 Å². The third-order valence-electron chi connectivity index (χ3n) is 1.77. The lowest BCUT2D eigenvalue weighted by atomic mass is 9.99. The topological polar surface area (TPSA) is 36.4 Å². The average molecular weight is 134 g/mol. The Morgan fingerprint density at radius 3 is 2.60 bits per heavy atom. The first kappa shape index (κ1) is 6.97. The van der Waals surface area contributed by atoms with E-state index < -0.39 is 0 Å². The predicted molar refractivity (Wildman–Crippen MR) is 40.8 cm³/mol. The molecule has 0 aromatic heterocycles. The maximum Gasteiger partial charge on any atom is 0.296 e. The molecule has 0 aromatic carbocycles. The lowest BCUT2D eigenvalue weighted by molar-refractivity contribution is -0.00562. The molecule has 0 N–H and O–H groups in total. The Morgan fingerprint density at radius 2 is 2.10 bits per heavy atom. The molecule has 0 spiro atoms. The van der Waals surface area contributed by atoms with Gasteiger partial charge in [0.2, 0.25) is 0 Å². The molecule has 0 atom stereocenters. The van der Waals surface area contributed by atoms with Crippen molar-refractivity contribution in [3.8, 4) is 0 Å². The quantitative estimate of drug-likeness (QED) is 0.358. The monoisotopic (exact) mass is 134 g/mol. The van der Waals surface area contributed by atoms with Crippen molar-refractivity contribution in [2.75, 3.05) is 0 Å². The van der Waals surface area contributed by atoms with Crippen molar-refractivity contribution >= 4 is 5.71 Å². The summed E-state index contributed by atoms with van der Waals surface area (Å²) < 4.78 is 0. The minimum absolute atomic E-state index is 0.739. The number of hydrogen-bond donors (Lipinski definition) is 0. The van der Waals surface area contributed by atoms with Crippen LogP contribution in [0, 0.1) is 0 Å². The molecule has 2 heteroatoms. The number of nitrogens with zero attached hydrogens (tertiary/aromatic N) is 2. The highest BCUT2D eigenvalue weighted by Gasteiger charge is 2.10. The van der Waals surface area contributed by atoms with Crippen LogP contribution in [-0.4, -0.2) is 10.5 Å². The van der Waals surface area contributed by atoms with Gasteiger partial charge in [-0.15, -0.1) is 0 Å². The van der Waals surface area contributed by atoms with E-state index in [1.165, 1.54) is 11.1 Å². The van der Waals surface area contributed by atoms with Crippen LogP contribution in [0.25, 0.3) is 5.53 Å². The van der Waals surface area contributed by atoms with Gasteiger partial charge in [-0.05, 0) is 13.8 Å². The van der Waals surface area contributed by atoms with E-state index in [0.717, 1.165) is 12.1 Å².